The summed E-state index contributed by atoms with van der Waals surface area (Å²) in [5, 5.41) is 11.4. The van der Waals surface area contributed by atoms with Gasteiger partial charge in [0, 0.05) is 37.9 Å². The molecule has 0 bridgehead atoms. The van der Waals surface area contributed by atoms with Crippen LogP contribution in [0.25, 0.3) is 0 Å². The van der Waals surface area contributed by atoms with Gasteiger partial charge >= 0.3 is 0 Å². The lowest BCUT2D eigenvalue weighted by Crippen LogP contribution is -2.43. The topological polar surface area (TPSA) is 57.5 Å². The summed E-state index contributed by atoms with van der Waals surface area (Å²) in [6, 6.07) is 0.859. The summed E-state index contributed by atoms with van der Waals surface area (Å²) in [5.74, 6) is 0.897. The number of hydrogen-bond donors (Lipinski definition) is 2. The van der Waals surface area contributed by atoms with Gasteiger partial charge in [0.15, 0.2) is 5.96 Å². The molecule has 1 heterocycles. The van der Waals surface area contributed by atoms with Crippen molar-refractivity contribution in [2.75, 3.05) is 26.2 Å². The number of halogens is 1. The number of aromatic nitrogens is 2. The van der Waals surface area contributed by atoms with Crippen molar-refractivity contribution in [2.24, 2.45) is 12.0 Å². The quantitative estimate of drug-likeness (QED) is 0.326. The van der Waals surface area contributed by atoms with E-state index in [-0.39, 0.29) is 24.0 Å². The molecule has 0 aliphatic heterocycles. The zero-order valence-electron chi connectivity index (χ0n) is 17.9. The molecule has 0 fully saturated rings. The molecule has 0 saturated heterocycles. The Morgan fingerprint density at radius 3 is 2.35 bits per heavy atom. The maximum atomic E-state index is 4.75. The van der Waals surface area contributed by atoms with Crippen molar-refractivity contribution in [1.29, 1.82) is 0 Å². The summed E-state index contributed by atoms with van der Waals surface area (Å²) in [6.07, 6.45) is 0.947. The van der Waals surface area contributed by atoms with Gasteiger partial charge in [-0.1, -0.05) is 6.92 Å². The van der Waals surface area contributed by atoms with E-state index in [1.807, 2.05) is 11.7 Å². The number of nitrogens with one attached hydrogen (secondary N) is 2. The molecule has 6 nitrogen and oxygen atoms in total. The van der Waals surface area contributed by atoms with Crippen LogP contribution in [0.15, 0.2) is 4.99 Å². The van der Waals surface area contributed by atoms with Gasteiger partial charge in [-0.05, 0) is 60.1 Å². The SMILES string of the molecule is CCNC(=NCCN(CC)C(C)C)NC(C)Cc1c(C)nn(C)c1C.I. The van der Waals surface area contributed by atoms with Crippen LogP contribution in [0.4, 0.5) is 0 Å². The minimum atomic E-state index is 0. The lowest BCUT2D eigenvalue weighted by molar-refractivity contribution is 0.240. The lowest BCUT2D eigenvalue weighted by atomic mass is 10.1. The second kappa shape index (κ2) is 12.5. The van der Waals surface area contributed by atoms with Crippen molar-refractivity contribution >= 4 is 29.9 Å². The third kappa shape index (κ3) is 7.82. The van der Waals surface area contributed by atoms with Gasteiger partial charge in [0.2, 0.25) is 0 Å². The zero-order chi connectivity index (χ0) is 19.0. The Morgan fingerprint density at radius 2 is 1.88 bits per heavy atom. The van der Waals surface area contributed by atoms with Crippen LogP contribution in [0.5, 0.6) is 0 Å². The fraction of sp³-hybridized carbons (Fsp3) is 0.789. The van der Waals surface area contributed by atoms with Crippen molar-refractivity contribution in [1.82, 2.24) is 25.3 Å². The van der Waals surface area contributed by atoms with E-state index in [4.69, 9.17) is 4.99 Å². The molecule has 0 saturated carbocycles. The van der Waals surface area contributed by atoms with E-state index < -0.39 is 0 Å². The summed E-state index contributed by atoms with van der Waals surface area (Å²) in [6.45, 7) is 18.9. The van der Waals surface area contributed by atoms with E-state index in [1.54, 1.807) is 0 Å². The number of hydrogen-bond acceptors (Lipinski definition) is 3. The third-order valence-electron chi connectivity index (χ3n) is 4.69. The molecule has 1 atom stereocenters. The van der Waals surface area contributed by atoms with Gasteiger partial charge in [-0.2, -0.15) is 5.10 Å². The first kappa shape index (κ1) is 25.2. The molecule has 152 valence electrons. The third-order valence-corrected chi connectivity index (χ3v) is 4.69. The second-order valence-electron chi connectivity index (χ2n) is 7.01. The van der Waals surface area contributed by atoms with Crippen molar-refractivity contribution in [3.63, 3.8) is 0 Å². The average molecular weight is 478 g/mol. The van der Waals surface area contributed by atoms with Crippen LogP contribution < -0.4 is 10.6 Å². The number of likely N-dealkylation sites (N-methyl/N-ethyl adjacent to an activating group) is 1. The summed E-state index contributed by atoms with van der Waals surface area (Å²) < 4.78 is 1.96. The number of nitrogens with zero attached hydrogens (tertiary/aromatic N) is 4. The van der Waals surface area contributed by atoms with Gasteiger partial charge in [-0.25, -0.2) is 0 Å². The monoisotopic (exact) mass is 478 g/mol. The van der Waals surface area contributed by atoms with Crippen molar-refractivity contribution in [2.45, 2.75) is 67.0 Å². The largest absolute Gasteiger partial charge is 0.357 e. The highest BCUT2D eigenvalue weighted by atomic mass is 127. The van der Waals surface area contributed by atoms with E-state index in [0.717, 1.165) is 44.3 Å². The van der Waals surface area contributed by atoms with Crippen LogP contribution in [-0.2, 0) is 13.5 Å². The molecule has 0 spiro atoms. The van der Waals surface area contributed by atoms with Gasteiger partial charge in [-0.15, -0.1) is 24.0 Å². The molecule has 0 amide bonds. The number of aliphatic imine (C=N–C) groups is 1. The predicted molar refractivity (Wildman–Crippen MR) is 123 cm³/mol. The minimum absolute atomic E-state index is 0. The summed E-state index contributed by atoms with van der Waals surface area (Å²) in [5.41, 5.74) is 3.69. The minimum Gasteiger partial charge on any atom is -0.357 e. The molecule has 0 aliphatic rings. The summed E-state index contributed by atoms with van der Waals surface area (Å²) in [4.78, 5) is 7.18. The summed E-state index contributed by atoms with van der Waals surface area (Å²) >= 11 is 0. The van der Waals surface area contributed by atoms with E-state index in [1.165, 1.54) is 11.3 Å². The smallest absolute Gasteiger partial charge is 0.191 e. The van der Waals surface area contributed by atoms with Gasteiger partial charge in [0.05, 0.1) is 12.2 Å². The standard InChI is InChI=1S/C19H38N6.HI/c1-9-20-19(21-11-12-25(10-2)14(3)4)22-15(5)13-18-16(6)23-24(8)17(18)7;/h14-15H,9-13H2,1-8H3,(H2,20,21,22);1H. The lowest BCUT2D eigenvalue weighted by Gasteiger charge is -2.24. The number of rotatable bonds is 9. The highest BCUT2D eigenvalue weighted by Crippen LogP contribution is 2.14. The van der Waals surface area contributed by atoms with Crippen LogP contribution in [0.2, 0.25) is 0 Å². The molecule has 1 aromatic rings. The highest BCUT2D eigenvalue weighted by molar-refractivity contribution is 14.0. The second-order valence-corrected chi connectivity index (χ2v) is 7.01. The Bertz CT molecular complexity index is 552. The first-order valence-corrected chi connectivity index (χ1v) is 9.58. The van der Waals surface area contributed by atoms with Crippen molar-refractivity contribution < 1.29 is 0 Å². The Kier molecular flexibility index (Phi) is 12.1. The van der Waals surface area contributed by atoms with E-state index in [9.17, 15) is 0 Å². The fourth-order valence-electron chi connectivity index (χ4n) is 3.10. The Hall–Kier alpha value is -0.830. The highest BCUT2D eigenvalue weighted by Gasteiger charge is 2.14. The summed E-state index contributed by atoms with van der Waals surface area (Å²) in [7, 11) is 2.00. The zero-order valence-corrected chi connectivity index (χ0v) is 20.2. The van der Waals surface area contributed by atoms with Gasteiger partial charge < -0.3 is 10.6 Å². The molecule has 2 N–H and O–H groups in total. The molecular formula is C19H39IN6. The van der Waals surface area contributed by atoms with E-state index in [2.05, 4.69) is 69.1 Å². The Morgan fingerprint density at radius 1 is 1.23 bits per heavy atom. The van der Waals surface area contributed by atoms with Gasteiger partial charge in [0.25, 0.3) is 0 Å². The van der Waals surface area contributed by atoms with Gasteiger partial charge in [0.1, 0.15) is 0 Å². The van der Waals surface area contributed by atoms with Crippen LogP contribution in [0.3, 0.4) is 0 Å². The van der Waals surface area contributed by atoms with Crippen LogP contribution in [0.1, 0.15) is 51.6 Å². The van der Waals surface area contributed by atoms with Crippen molar-refractivity contribution in [3.8, 4) is 0 Å². The molecule has 0 radical (unpaired) electrons. The van der Waals surface area contributed by atoms with Crippen molar-refractivity contribution in [3.05, 3.63) is 17.0 Å². The Labute approximate surface area is 177 Å². The predicted octanol–water partition coefficient (Wildman–Crippen LogP) is 2.87. The molecule has 1 unspecified atom stereocenters. The average Bonchev–Trinajstić information content (AvgIpc) is 2.77. The molecule has 26 heavy (non-hydrogen) atoms. The molecule has 1 rings (SSSR count). The molecule has 7 heteroatoms. The van der Waals surface area contributed by atoms with Crippen LogP contribution in [0, 0.1) is 13.8 Å². The molecular weight excluding hydrogens is 439 g/mol. The van der Waals surface area contributed by atoms with Crippen LogP contribution in [-0.4, -0.2) is 58.9 Å². The van der Waals surface area contributed by atoms with Crippen LogP contribution >= 0.6 is 24.0 Å². The van der Waals surface area contributed by atoms with Gasteiger partial charge in [-0.3, -0.25) is 14.6 Å². The van der Waals surface area contributed by atoms with E-state index in [0.29, 0.717) is 12.1 Å². The maximum Gasteiger partial charge on any atom is 0.191 e. The molecule has 0 aromatic carbocycles. The number of guanidine groups is 1. The maximum absolute atomic E-state index is 4.75. The molecule has 0 aliphatic carbocycles. The number of aryl methyl sites for hydroxylation is 2. The first-order valence-electron chi connectivity index (χ1n) is 9.58. The van der Waals surface area contributed by atoms with E-state index >= 15 is 0 Å². The Balaban J connectivity index is 0.00000625. The normalized spacial score (nSPS) is 13.1. The molecule has 1 aromatic heterocycles. The fourth-order valence-corrected chi connectivity index (χ4v) is 3.10. The first-order chi connectivity index (χ1) is 11.8.